The third-order valence-corrected chi connectivity index (χ3v) is 5.63. The minimum Gasteiger partial charge on any atom is -0.382 e. The van der Waals surface area contributed by atoms with E-state index in [9.17, 15) is 0 Å². The molecule has 0 bridgehead atoms. The molecule has 0 spiro atoms. The summed E-state index contributed by atoms with van der Waals surface area (Å²) in [5.41, 5.74) is 0. The fraction of sp³-hybridized carbons (Fsp3) is 0.688. The molecule has 0 unspecified atom stereocenters. The van der Waals surface area contributed by atoms with Crippen molar-refractivity contribution in [3.63, 3.8) is 0 Å². The average molecular weight is 655 g/mol. The van der Waals surface area contributed by atoms with Crippen molar-refractivity contribution in [1.29, 1.82) is 0 Å². The Labute approximate surface area is 273 Å². The molecule has 2 saturated carbocycles. The van der Waals surface area contributed by atoms with Gasteiger partial charge in [-0.25, -0.2) is 0 Å². The summed E-state index contributed by atoms with van der Waals surface area (Å²) in [6, 6.07) is 0. The molecule has 2 aliphatic rings. The number of hydrogen-bond acceptors (Lipinski definition) is 10. The molecule has 11 heteroatoms. The summed E-state index contributed by atoms with van der Waals surface area (Å²) >= 11 is 0. The van der Waals surface area contributed by atoms with Crippen molar-refractivity contribution < 1.29 is 64.4 Å². The zero-order chi connectivity index (χ0) is 30.0. The van der Waals surface area contributed by atoms with Crippen molar-refractivity contribution in [2.24, 2.45) is 0 Å². The fourth-order valence-corrected chi connectivity index (χ4v) is 3.35. The molecule has 0 N–H and O–H groups in total. The van der Waals surface area contributed by atoms with E-state index in [0.29, 0.717) is 106 Å². The van der Waals surface area contributed by atoms with Crippen LogP contribution in [-0.4, -0.2) is 133 Å². The molecule has 0 heterocycles. The van der Waals surface area contributed by atoms with Crippen LogP contribution < -0.4 is 0 Å². The van der Waals surface area contributed by atoms with Crippen LogP contribution in [0.5, 0.6) is 0 Å². The predicted molar refractivity (Wildman–Crippen MR) is 160 cm³/mol. The zero-order valence-electron chi connectivity index (χ0n) is 26.2. The van der Waals surface area contributed by atoms with Gasteiger partial charge in [0.25, 0.3) is 0 Å². The maximum Gasteiger partial charge on any atom is 2.00 e. The molecule has 0 atom stereocenters. The van der Waals surface area contributed by atoms with Gasteiger partial charge in [-0.2, -0.15) is 0 Å². The molecule has 43 heavy (non-hydrogen) atoms. The van der Waals surface area contributed by atoms with Crippen molar-refractivity contribution >= 4 is 0 Å². The van der Waals surface area contributed by atoms with Crippen LogP contribution in [0.15, 0.2) is 0 Å². The van der Waals surface area contributed by atoms with Crippen LogP contribution in [0.1, 0.15) is 12.8 Å². The van der Waals surface area contributed by atoms with Crippen LogP contribution in [0.25, 0.3) is 0 Å². The van der Waals surface area contributed by atoms with Gasteiger partial charge in [-0.3, -0.25) is 0 Å². The molecule has 0 saturated heterocycles. The first kappa shape index (κ1) is 43.1. The standard InChI is InChI=1S/2C16H27O5.Fe/c2*1-17-8-9-19-12-13-21-15-14-20-11-10-18-7-6-16-4-2-3-5-16;/h2*2-5H,6-15H2,1H3;/q;;+2. The van der Waals surface area contributed by atoms with Gasteiger partial charge in [-0.05, 0) is 76.0 Å². The molecule has 248 valence electrons. The van der Waals surface area contributed by atoms with E-state index >= 15 is 0 Å². The number of hydrogen-bond donors (Lipinski definition) is 0. The topological polar surface area (TPSA) is 92.3 Å². The van der Waals surface area contributed by atoms with Crippen LogP contribution >= 0.6 is 0 Å². The van der Waals surface area contributed by atoms with E-state index in [0.717, 1.165) is 26.1 Å². The minimum absolute atomic E-state index is 0. The Hall–Kier alpha value is 0.119. The van der Waals surface area contributed by atoms with Gasteiger partial charge in [-0.1, -0.05) is 0 Å². The number of methoxy groups -OCH3 is 2. The summed E-state index contributed by atoms with van der Waals surface area (Å²) in [4.78, 5) is 0. The monoisotopic (exact) mass is 654 g/mol. The van der Waals surface area contributed by atoms with Gasteiger partial charge in [0.15, 0.2) is 0 Å². The van der Waals surface area contributed by atoms with Crippen LogP contribution in [0.4, 0.5) is 0 Å². The SMILES string of the molecule is COCCOCCOCCOCCOCC[C]1[CH][CH][CH][CH]1.COCCOCCOCCOCCOCC[C]1[CH][CH][CH][CH]1.[Fe+2]. The van der Waals surface area contributed by atoms with Crippen molar-refractivity contribution in [2.75, 3.05) is 133 Å². The summed E-state index contributed by atoms with van der Waals surface area (Å²) < 4.78 is 52.8. The van der Waals surface area contributed by atoms with Crippen molar-refractivity contribution in [3.05, 3.63) is 63.2 Å². The van der Waals surface area contributed by atoms with Gasteiger partial charge in [0, 0.05) is 27.4 Å². The molecule has 0 aromatic heterocycles. The minimum atomic E-state index is 0. The van der Waals surface area contributed by atoms with Crippen molar-refractivity contribution in [1.82, 2.24) is 0 Å². The summed E-state index contributed by atoms with van der Waals surface area (Å²) in [5.74, 6) is 2.63. The average Bonchev–Trinajstić information content (AvgIpc) is 3.73. The van der Waals surface area contributed by atoms with Crippen LogP contribution in [-0.2, 0) is 64.4 Å². The Morgan fingerprint density at radius 3 is 0.767 bits per heavy atom. The Kier molecular flexibility index (Phi) is 36.7. The van der Waals surface area contributed by atoms with E-state index in [1.165, 1.54) is 11.8 Å². The smallest absolute Gasteiger partial charge is 0.382 e. The molecule has 0 aromatic rings. The molecule has 10 nitrogen and oxygen atoms in total. The van der Waals surface area contributed by atoms with Crippen molar-refractivity contribution in [3.8, 4) is 0 Å². The Balaban J connectivity index is 0.000000802. The Morgan fingerprint density at radius 1 is 0.326 bits per heavy atom. The van der Waals surface area contributed by atoms with Crippen molar-refractivity contribution in [2.45, 2.75) is 12.8 Å². The van der Waals surface area contributed by atoms with E-state index in [1.54, 1.807) is 14.2 Å². The Bertz CT molecular complexity index is 465. The first-order chi connectivity index (χ1) is 20.9. The predicted octanol–water partition coefficient (Wildman–Crippen LogP) is 2.99. The molecule has 0 aromatic carbocycles. The largest absolute Gasteiger partial charge is 2.00 e. The fourth-order valence-electron chi connectivity index (χ4n) is 3.35. The second-order valence-corrected chi connectivity index (χ2v) is 8.97. The number of rotatable bonds is 30. The van der Waals surface area contributed by atoms with Gasteiger partial charge in [-0.15, -0.1) is 0 Å². The molecule has 2 aliphatic carbocycles. The summed E-state index contributed by atoms with van der Waals surface area (Å²) in [5, 5.41) is 0. The number of ether oxygens (including phenoxy) is 10. The Morgan fingerprint density at radius 2 is 0.535 bits per heavy atom. The summed E-state index contributed by atoms with van der Waals surface area (Å²) in [6.45, 7) is 11.1. The molecule has 0 aliphatic heterocycles. The summed E-state index contributed by atoms with van der Waals surface area (Å²) in [7, 11) is 3.31. The van der Waals surface area contributed by atoms with E-state index in [-0.39, 0.29) is 17.1 Å². The molecule has 2 rings (SSSR count). The molecular weight excluding hydrogens is 600 g/mol. The van der Waals surface area contributed by atoms with Gasteiger partial charge in [0.05, 0.1) is 106 Å². The van der Waals surface area contributed by atoms with E-state index in [4.69, 9.17) is 47.4 Å². The first-order valence-electron chi connectivity index (χ1n) is 14.9. The van der Waals surface area contributed by atoms with Gasteiger partial charge in [0.2, 0.25) is 0 Å². The maximum absolute atomic E-state index is 5.49. The van der Waals surface area contributed by atoms with E-state index in [2.05, 4.69) is 25.7 Å². The van der Waals surface area contributed by atoms with Crippen LogP contribution in [0.2, 0.25) is 0 Å². The maximum atomic E-state index is 5.49. The van der Waals surface area contributed by atoms with Crippen LogP contribution in [0, 0.1) is 63.2 Å². The molecular formula is C32H54FeO10+2. The normalized spacial score (nSPS) is 15.5. The zero-order valence-corrected chi connectivity index (χ0v) is 27.3. The van der Waals surface area contributed by atoms with E-state index in [1.807, 2.05) is 25.7 Å². The first-order valence-corrected chi connectivity index (χ1v) is 14.9. The second-order valence-electron chi connectivity index (χ2n) is 8.97. The van der Waals surface area contributed by atoms with Gasteiger partial charge < -0.3 is 47.4 Å². The molecule has 0 amide bonds. The van der Waals surface area contributed by atoms with Gasteiger partial charge >= 0.3 is 17.1 Å². The third kappa shape index (κ3) is 31.9. The molecule has 2 fully saturated rings. The summed E-state index contributed by atoms with van der Waals surface area (Å²) in [6.07, 6.45) is 18.5. The van der Waals surface area contributed by atoms with E-state index < -0.39 is 0 Å². The van der Waals surface area contributed by atoms with Crippen LogP contribution in [0.3, 0.4) is 0 Å². The second kappa shape index (κ2) is 36.6. The molecule has 10 radical (unpaired) electrons. The van der Waals surface area contributed by atoms with Gasteiger partial charge in [0.1, 0.15) is 0 Å². The third-order valence-electron chi connectivity index (χ3n) is 5.63. The quantitative estimate of drug-likeness (QED) is 0.0851.